The van der Waals surface area contributed by atoms with Gasteiger partial charge in [0.2, 0.25) is 11.8 Å². The summed E-state index contributed by atoms with van der Waals surface area (Å²) in [6.07, 6.45) is -2.57. The average Bonchev–Trinajstić information content (AvgIpc) is 3.69. The largest absolute Gasteiger partial charge is 0.422 e. The Morgan fingerprint density at radius 3 is 2.26 bits per heavy atom. The van der Waals surface area contributed by atoms with Gasteiger partial charge in [0.15, 0.2) is 5.78 Å². The summed E-state index contributed by atoms with van der Waals surface area (Å²) in [4.78, 5) is 40.7. The number of halogens is 3. The molecular weight excluding hydrogens is 562 g/mol. The average molecular weight is 601 g/mol. The minimum Gasteiger partial charge on any atom is -0.422 e. The maximum Gasteiger partial charge on any atom is 0.416 e. The number of benzene rings is 2. The van der Waals surface area contributed by atoms with Gasteiger partial charge in [-0.25, -0.2) is 0 Å². The number of nitrogens with one attached hydrogen (secondary N) is 1. The highest BCUT2D eigenvalue weighted by Gasteiger charge is 2.53. The number of amides is 2. The Morgan fingerprint density at radius 2 is 1.67 bits per heavy atom. The molecule has 1 saturated carbocycles. The summed E-state index contributed by atoms with van der Waals surface area (Å²) in [5.41, 5.74) is 19.6. The van der Waals surface area contributed by atoms with Gasteiger partial charge in [-0.3, -0.25) is 14.4 Å². The van der Waals surface area contributed by atoms with Crippen LogP contribution in [0.1, 0.15) is 47.9 Å². The van der Waals surface area contributed by atoms with Gasteiger partial charge in [0.1, 0.15) is 0 Å². The van der Waals surface area contributed by atoms with Crippen molar-refractivity contribution in [2.45, 2.75) is 69.2 Å². The number of hydrogen-bond acceptors (Lipinski definition) is 7. The van der Waals surface area contributed by atoms with E-state index in [9.17, 15) is 27.6 Å². The van der Waals surface area contributed by atoms with E-state index in [0.717, 1.165) is 41.6 Å². The third-order valence-electron chi connectivity index (χ3n) is 8.11. The number of carbonyl (C=O) groups excluding carboxylic acids is 3. The Bertz CT molecular complexity index is 1310. The molecule has 0 radical (unpaired) electrons. The lowest BCUT2D eigenvalue weighted by Gasteiger charge is -2.23. The molecule has 2 aromatic rings. The summed E-state index contributed by atoms with van der Waals surface area (Å²) in [6.45, 7) is 3.07. The van der Waals surface area contributed by atoms with E-state index >= 15 is 0 Å². The Balaban J connectivity index is 1.46. The third kappa shape index (κ3) is 8.02. The smallest absolute Gasteiger partial charge is 0.416 e. The van der Waals surface area contributed by atoms with E-state index < -0.39 is 29.7 Å². The van der Waals surface area contributed by atoms with Crippen LogP contribution in [0, 0.1) is 0 Å². The number of fused-ring (bicyclic) bond motifs is 2. The van der Waals surface area contributed by atoms with Crippen molar-refractivity contribution in [1.29, 1.82) is 0 Å². The van der Waals surface area contributed by atoms with Crippen LogP contribution in [0.2, 0.25) is 6.82 Å². The molecular formula is C30H39BF3N5O4. The third-order valence-corrected chi connectivity index (χ3v) is 8.11. The van der Waals surface area contributed by atoms with Gasteiger partial charge in [0.25, 0.3) is 0 Å². The molecule has 0 aromatic heterocycles. The van der Waals surface area contributed by atoms with Crippen LogP contribution in [0.4, 0.5) is 13.2 Å². The molecule has 2 atom stereocenters. The van der Waals surface area contributed by atoms with Crippen LogP contribution in [0.3, 0.4) is 0 Å². The van der Waals surface area contributed by atoms with Gasteiger partial charge in [-0.2, -0.15) is 13.2 Å². The van der Waals surface area contributed by atoms with Crippen molar-refractivity contribution in [3.05, 3.63) is 64.7 Å². The summed E-state index contributed by atoms with van der Waals surface area (Å²) in [6, 6.07) is 8.16. The molecule has 1 fully saturated rings. The fraction of sp³-hybridized carbons (Fsp3) is 0.500. The van der Waals surface area contributed by atoms with Crippen molar-refractivity contribution in [2.75, 3.05) is 26.2 Å². The van der Waals surface area contributed by atoms with Gasteiger partial charge >= 0.3 is 13.1 Å². The van der Waals surface area contributed by atoms with E-state index in [1.807, 2.05) is 25.0 Å². The maximum absolute atomic E-state index is 13.6. The zero-order chi connectivity index (χ0) is 31.4. The van der Waals surface area contributed by atoms with E-state index in [1.165, 1.54) is 17.0 Å². The lowest BCUT2D eigenvalue weighted by molar-refractivity contribution is -0.137. The molecule has 4 rings (SSSR count). The van der Waals surface area contributed by atoms with E-state index in [0.29, 0.717) is 18.7 Å². The van der Waals surface area contributed by atoms with Gasteiger partial charge < -0.3 is 32.1 Å². The van der Waals surface area contributed by atoms with Crippen molar-refractivity contribution >= 4 is 30.0 Å². The second-order valence-corrected chi connectivity index (χ2v) is 11.4. The second-order valence-electron chi connectivity index (χ2n) is 11.4. The van der Waals surface area contributed by atoms with Crippen molar-refractivity contribution in [3.8, 4) is 0 Å². The molecule has 7 N–H and O–H groups in total. The zero-order valence-electron chi connectivity index (χ0n) is 24.3. The topological polar surface area (TPSA) is 154 Å². The van der Waals surface area contributed by atoms with Crippen LogP contribution in [0.5, 0.6) is 0 Å². The van der Waals surface area contributed by atoms with E-state index in [2.05, 4.69) is 5.32 Å². The standard InChI is InChI=1S/C30H39BF3N5O4/c1-31-23-16-20(4-7-22(23)29(43-31)10-11-29)18-26(40)25(17-19-2-5-21(6-3-19)30(32,33)34)38-28(42)24(37)8-9-27(41)39(14-12-35)15-13-36/h2-7,16,24-25H,8-15,17-18,35-37H2,1H3,(H,38,42)/t24-,25+/m0/s1. The first-order valence-corrected chi connectivity index (χ1v) is 14.6. The number of rotatable bonds is 14. The van der Waals surface area contributed by atoms with Crippen molar-refractivity contribution in [3.63, 3.8) is 0 Å². The molecule has 2 amide bonds. The van der Waals surface area contributed by atoms with Gasteiger partial charge in [-0.1, -0.05) is 37.2 Å². The molecule has 232 valence electrons. The highest BCUT2D eigenvalue weighted by Crippen LogP contribution is 2.52. The van der Waals surface area contributed by atoms with E-state index in [-0.39, 0.29) is 63.0 Å². The van der Waals surface area contributed by atoms with Crippen LogP contribution in [0.15, 0.2) is 42.5 Å². The molecule has 1 heterocycles. The Labute approximate surface area is 249 Å². The molecule has 2 aromatic carbocycles. The number of Topliss-reactive ketones (excluding diaryl/α,β-unsaturated/α-hetero) is 1. The zero-order valence-corrected chi connectivity index (χ0v) is 24.3. The number of carbonyl (C=O) groups is 3. The Morgan fingerprint density at radius 1 is 1.05 bits per heavy atom. The molecule has 0 bridgehead atoms. The summed E-state index contributed by atoms with van der Waals surface area (Å²) >= 11 is 0. The Hall–Kier alpha value is -3.26. The Kier molecular flexibility index (Phi) is 10.3. The number of alkyl halides is 3. The summed E-state index contributed by atoms with van der Waals surface area (Å²) < 4.78 is 45.4. The lowest BCUT2D eigenvalue weighted by Crippen LogP contribution is -2.50. The van der Waals surface area contributed by atoms with Crippen LogP contribution in [-0.4, -0.2) is 67.7 Å². The molecule has 43 heavy (non-hydrogen) atoms. The minimum absolute atomic E-state index is 0.000553. The molecule has 1 aliphatic heterocycles. The fourth-order valence-electron chi connectivity index (χ4n) is 5.59. The van der Waals surface area contributed by atoms with Crippen LogP contribution >= 0.6 is 0 Å². The lowest BCUT2D eigenvalue weighted by atomic mass is 9.63. The van der Waals surface area contributed by atoms with E-state index in [1.54, 1.807) is 0 Å². The number of nitrogens with zero attached hydrogens (tertiary/aromatic N) is 1. The van der Waals surface area contributed by atoms with Crippen molar-refractivity contribution < 1.29 is 32.2 Å². The highest BCUT2D eigenvalue weighted by molar-refractivity contribution is 6.68. The van der Waals surface area contributed by atoms with Crippen molar-refractivity contribution in [1.82, 2.24) is 10.2 Å². The first-order valence-electron chi connectivity index (χ1n) is 14.6. The molecule has 0 saturated heterocycles. The predicted molar refractivity (Wildman–Crippen MR) is 157 cm³/mol. The first-order chi connectivity index (χ1) is 20.4. The molecule has 9 nitrogen and oxygen atoms in total. The predicted octanol–water partition coefficient (Wildman–Crippen LogP) is 1.25. The molecule has 1 aliphatic carbocycles. The molecule has 0 unspecified atom stereocenters. The second kappa shape index (κ2) is 13.6. The number of nitrogens with two attached hydrogens (primary N) is 3. The normalized spacial score (nSPS) is 16.5. The first kappa shape index (κ1) is 32.7. The van der Waals surface area contributed by atoms with Crippen LogP contribution in [0.25, 0.3) is 0 Å². The van der Waals surface area contributed by atoms with Gasteiger partial charge in [-0.05, 0) is 60.0 Å². The molecule has 2 aliphatic rings. The highest BCUT2D eigenvalue weighted by atomic mass is 19.4. The quantitative estimate of drug-likeness (QED) is 0.238. The monoisotopic (exact) mass is 601 g/mol. The van der Waals surface area contributed by atoms with Crippen LogP contribution < -0.4 is 28.0 Å². The SMILES string of the molecule is CB1OC2(CC2)c2ccc(CC(=O)[C@@H](Cc3ccc(C(F)(F)F)cc3)NC(=O)[C@@H](N)CCC(=O)N(CCN)CCN)cc21. The fourth-order valence-corrected chi connectivity index (χ4v) is 5.59. The van der Waals surface area contributed by atoms with Crippen LogP contribution in [-0.2, 0) is 43.7 Å². The number of hydrogen-bond donors (Lipinski definition) is 4. The summed E-state index contributed by atoms with van der Waals surface area (Å²) in [5, 5.41) is 2.69. The summed E-state index contributed by atoms with van der Waals surface area (Å²) in [7, 11) is 0. The maximum atomic E-state index is 13.6. The van der Waals surface area contributed by atoms with Gasteiger partial charge in [-0.15, -0.1) is 0 Å². The van der Waals surface area contributed by atoms with E-state index in [4.69, 9.17) is 21.9 Å². The summed E-state index contributed by atoms with van der Waals surface area (Å²) in [5.74, 6) is -1.19. The van der Waals surface area contributed by atoms with Gasteiger partial charge in [0, 0.05) is 39.0 Å². The molecule has 13 heteroatoms. The number of ketones is 1. The van der Waals surface area contributed by atoms with Gasteiger partial charge in [0.05, 0.1) is 23.2 Å². The molecule has 1 spiro atoms. The van der Waals surface area contributed by atoms with Crippen molar-refractivity contribution in [2.24, 2.45) is 17.2 Å². The minimum atomic E-state index is -4.50.